The lowest BCUT2D eigenvalue weighted by Crippen LogP contribution is -2.31. The van der Waals surface area contributed by atoms with E-state index in [9.17, 15) is 9.59 Å². The van der Waals surface area contributed by atoms with Crippen LogP contribution in [0.15, 0.2) is 48.5 Å². The Kier molecular flexibility index (Phi) is 5.44. The van der Waals surface area contributed by atoms with Gasteiger partial charge in [0.05, 0.1) is 18.2 Å². The zero-order valence-electron chi connectivity index (χ0n) is 16.3. The predicted molar refractivity (Wildman–Crippen MR) is 108 cm³/mol. The maximum absolute atomic E-state index is 12.4. The molecule has 2 amide bonds. The van der Waals surface area contributed by atoms with Crippen LogP contribution < -0.4 is 4.74 Å². The van der Waals surface area contributed by atoms with Crippen LogP contribution in [-0.4, -0.2) is 54.9 Å². The van der Waals surface area contributed by atoms with Gasteiger partial charge in [-0.25, -0.2) is 0 Å². The summed E-state index contributed by atoms with van der Waals surface area (Å²) in [5.74, 6) is 1.17. The molecule has 1 unspecified atom stereocenters. The molecule has 146 valence electrons. The molecule has 1 atom stereocenters. The Morgan fingerprint density at radius 3 is 2.29 bits per heavy atom. The highest BCUT2D eigenvalue weighted by Gasteiger charge is 2.34. The van der Waals surface area contributed by atoms with Crippen molar-refractivity contribution in [2.45, 2.75) is 25.2 Å². The van der Waals surface area contributed by atoms with Crippen LogP contribution in [0, 0.1) is 0 Å². The minimum absolute atomic E-state index is 0.155. The molecular weight excluding hydrogens is 352 g/mol. The van der Waals surface area contributed by atoms with Crippen molar-refractivity contribution in [3.63, 3.8) is 0 Å². The summed E-state index contributed by atoms with van der Waals surface area (Å²) in [7, 11) is 1.73. The number of para-hydroxylation sites is 1. The third kappa shape index (κ3) is 3.54. The SMILES string of the molecule is COc1ccccc1C1CCN(CCCCN2C(=O)c3ccccc3C2=O)C1. The van der Waals surface area contributed by atoms with E-state index < -0.39 is 0 Å². The lowest BCUT2D eigenvalue weighted by atomic mass is 9.97. The highest BCUT2D eigenvalue weighted by Crippen LogP contribution is 2.33. The van der Waals surface area contributed by atoms with Crippen molar-refractivity contribution in [2.75, 3.05) is 33.3 Å². The fraction of sp³-hybridized carbons (Fsp3) is 0.391. The zero-order chi connectivity index (χ0) is 19.5. The van der Waals surface area contributed by atoms with E-state index in [1.165, 1.54) is 10.5 Å². The van der Waals surface area contributed by atoms with Crippen molar-refractivity contribution in [3.05, 3.63) is 65.2 Å². The third-order valence-electron chi connectivity index (χ3n) is 5.84. The first-order valence-corrected chi connectivity index (χ1v) is 9.99. The van der Waals surface area contributed by atoms with E-state index in [0.717, 1.165) is 44.6 Å². The van der Waals surface area contributed by atoms with Crippen LogP contribution in [0.2, 0.25) is 0 Å². The van der Waals surface area contributed by atoms with Crippen molar-refractivity contribution < 1.29 is 14.3 Å². The van der Waals surface area contributed by atoms with E-state index >= 15 is 0 Å². The van der Waals surface area contributed by atoms with Crippen LogP contribution in [0.4, 0.5) is 0 Å². The number of imide groups is 1. The maximum Gasteiger partial charge on any atom is 0.261 e. The number of unbranched alkanes of at least 4 members (excludes halogenated alkanes) is 1. The van der Waals surface area contributed by atoms with E-state index in [0.29, 0.717) is 23.6 Å². The van der Waals surface area contributed by atoms with E-state index in [1.54, 1.807) is 31.4 Å². The highest BCUT2D eigenvalue weighted by molar-refractivity contribution is 6.21. The molecule has 2 aromatic carbocycles. The van der Waals surface area contributed by atoms with Crippen molar-refractivity contribution in [1.82, 2.24) is 9.80 Å². The summed E-state index contributed by atoms with van der Waals surface area (Å²) in [6, 6.07) is 15.3. The van der Waals surface area contributed by atoms with Gasteiger partial charge in [0.1, 0.15) is 5.75 Å². The van der Waals surface area contributed by atoms with E-state index in [-0.39, 0.29) is 11.8 Å². The van der Waals surface area contributed by atoms with Gasteiger partial charge in [-0.2, -0.15) is 0 Å². The monoisotopic (exact) mass is 378 g/mol. The van der Waals surface area contributed by atoms with Gasteiger partial charge in [0.2, 0.25) is 0 Å². The molecule has 0 saturated carbocycles. The predicted octanol–water partition coefficient (Wildman–Crippen LogP) is 3.56. The summed E-state index contributed by atoms with van der Waals surface area (Å²) in [6.45, 7) is 3.61. The van der Waals surface area contributed by atoms with Crippen molar-refractivity contribution in [1.29, 1.82) is 0 Å². The molecular formula is C23H26N2O3. The first kappa shape index (κ1) is 18.7. The molecule has 4 rings (SSSR count). The first-order valence-electron chi connectivity index (χ1n) is 9.99. The third-order valence-corrected chi connectivity index (χ3v) is 5.84. The second-order valence-electron chi connectivity index (χ2n) is 7.54. The van der Waals surface area contributed by atoms with Crippen LogP contribution in [0.3, 0.4) is 0 Å². The minimum atomic E-state index is -0.155. The number of amides is 2. The fourth-order valence-electron chi connectivity index (χ4n) is 4.34. The Hall–Kier alpha value is -2.66. The molecule has 5 nitrogen and oxygen atoms in total. The molecule has 0 aliphatic carbocycles. The number of fused-ring (bicyclic) bond motifs is 1. The largest absolute Gasteiger partial charge is 0.496 e. The van der Waals surface area contributed by atoms with Gasteiger partial charge in [-0.15, -0.1) is 0 Å². The number of likely N-dealkylation sites (tertiary alicyclic amines) is 1. The lowest BCUT2D eigenvalue weighted by molar-refractivity contribution is 0.0650. The molecule has 1 saturated heterocycles. The van der Waals surface area contributed by atoms with E-state index in [1.807, 2.05) is 12.1 Å². The second kappa shape index (κ2) is 8.15. The van der Waals surface area contributed by atoms with E-state index in [4.69, 9.17) is 4.74 Å². The maximum atomic E-state index is 12.4. The van der Waals surface area contributed by atoms with Gasteiger partial charge in [-0.3, -0.25) is 14.5 Å². The number of nitrogens with zero attached hydrogens (tertiary/aromatic N) is 2. The van der Waals surface area contributed by atoms with Crippen LogP contribution in [-0.2, 0) is 0 Å². The Bertz CT molecular complexity index is 845. The molecule has 2 heterocycles. The van der Waals surface area contributed by atoms with Gasteiger partial charge in [-0.1, -0.05) is 30.3 Å². The van der Waals surface area contributed by atoms with Crippen LogP contribution in [0.5, 0.6) is 5.75 Å². The van der Waals surface area contributed by atoms with Crippen LogP contribution in [0.1, 0.15) is 51.5 Å². The number of ether oxygens (including phenoxy) is 1. The Labute approximate surface area is 165 Å². The molecule has 0 radical (unpaired) electrons. The number of hydrogen-bond donors (Lipinski definition) is 0. The molecule has 2 aromatic rings. The summed E-state index contributed by atoms with van der Waals surface area (Å²) in [5, 5.41) is 0. The molecule has 0 spiro atoms. The Morgan fingerprint density at radius 1 is 0.929 bits per heavy atom. The number of carbonyl (C=O) groups excluding carboxylic acids is 2. The summed E-state index contributed by atoms with van der Waals surface area (Å²) in [5.41, 5.74) is 2.36. The Morgan fingerprint density at radius 2 is 1.57 bits per heavy atom. The van der Waals surface area contributed by atoms with Crippen molar-refractivity contribution in [3.8, 4) is 5.75 Å². The second-order valence-corrected chi connectivity index (χ2v) is 7.54. The molecule has 0 aromatic heterocycles. The zero-order valence-corrected chi connectivity index (χ0v) is 16.3. The van der Waals surface area contributed by atoms with Gasteiger partial charge < -0.3 is 9.64 Å². The first-order chi connectivity index (χ1) is 13.7. The van der Waals surface area contributed by atoms with Gasteiger partial charge in [0.15, 0.2) is 0 Å². The van der Waals surface area contributed by atoms with Crippen molar-refractivity contribution in [2.24, 2.45) is 0 Å². The topological polar surface area (TPSA) is 49.9 Å². The number of carbonyl (C=O) groups is 2. The van der Waals surface area contributed by atoms with E-state index in [2.05, 4.69) is 17.0 Å². The van der Waals surface area contributed by atoms with Crippen molar-refractivity contribution >= 4 is 11.8 Å². The van der Waals surface area contributed by atoms with Gasteiger partial charge >= 0.3 is 0 Å². The molecule has 0 bridgehead atoms. The molecule has 2 aliphatic rings. The number of benzene rings is 2. The smallest absolute Gasteiger partial charge is 0.261 e. The summed E-state index contributed by atoms with van der Waals surface area (Å²) >= 11 is 0. The summed E-state index contributed by atoms with van der Waals surface area (Å²) < 4.78 is 5.51. The standard InChI is InChI=1S/C23H26N2O3/c1-28-21-11-5-4-8-18(21)17-12-15-24(16-17)13-6-7-14-25-22(26)19-9-2-3-10-20(19)23(25)27/h2-5,8-11,17H,6-7,12-16H2,1H3. The number of rotatable bonds is 7. The molecule has 2 aliphatic heterocycles. The van der Waals surface area contributed by atoms with Gasteiger partial charge in [-0.05, 0) is 56.1 Å². The van der Waals surface area contributed by atoms with Crippen LogP contribution in [0.25, 0.3) is 0 Å². The summed E-state index contributed by atoms with van der Waals surface area (Å²) in [4.78, 5) is 28.7. The number of methoxy groups -OCH3 is 1. The fourth-order valence-corrected chi connectivity index (χ4v) is 4.34. The molecule has 1 fully saturated rings. The molecule has 28 heavy (non-hydrogen) atoms. The Balaban J connectivity index is 1.25. The van der Waals surface area contributed by atoms with Crippen LogP contribution >= 0.6 is 0 Å². The number of hydrogen-bond acceptors (Lipinski definition) is 4. The average molecular weight is 378 g/mol. The lowest BCUT2D eigenvalue weighted by Gasteiger charge is -2.18. The minimum Gasteiger partial charge on any atom is -0.496 e. The highest BCUT2D eigenvalue weighted by atomic mass is 16.5. The van der Waals surface area contributed by atoms with Gasteiger partial charge in [0.25, 0.3) is 11.8 Å². The normalized spacial score (nSPS) is 19.3. The molecule has 0 N–H and O–H groups in total. The quantitative estimate of drug-likeness (QED) is 0.546. The summed E-state index contributed by atoms with van der Waals surface area (Å²) in [6.07, 6.45) is 2.95. The van der Waals surface area contributed by atoms with Gasteiger partial charge in [0, 0.05) is 19.0 Å². The molecule has 5 heteroatoms. The average Bonchev–Trinajstić information content (AvgIpc) is 3.30.